The smallest absolute Gasteiger partial charge is 2.00 e. The van der Waals surface area contributed by atoms with Gasteiger partial charge in [0.05, 0.1) is 0 Å². The van der Waals surface area contributed by atoms with E-state index < -0.39 is 0 Å². The van der Waals surface area contributed by atoms with Crippen LogP contribution in [0.15, 0.2) is 0 Å². The van der Waals surface area contributed by atoms with Crippen molar-refractivity contribution >= 4 is 0 Å². The van der Waals surface area contributed by atoms with E-state index in [2.05, 4.69) is 0 Å². The normalized spacial score (nSPS) is 0. The fourth-order valence-corrected chi connectivity index (χ4v) is 0. The van der Waals surface area contributed by atoms with Crippen molar-refractivity contribution in [2.24, 2.45) is 0 Å². The summed E-state index contributed by atoms with van der Waals surface area (Å²) in [6, 6.07) is 0. The average Bonchev–Trinajstić information content (AvgIpc) is 0. The predicted octanol–water partition coefficient (Wildman–Crippen LogP) is -0.483. The molecular formula is FeO4TiZn. The van der Waals surface area contributed by atoms with Crippen LogP contribution in [-0.4, -0.2) is 0 Å². The quantitative estimate of drug-likeness (QED) is 0.502. The van der Waals surface area contributed by atoms with Gasteiger partial charge in [-0.1, -0.05) is 0 Å². The SMILES string of the molecule is [Fe+2].[O-2].[O-2].[O-2].[O-2].[Ti+4].[Zn+2]. The fourth-order valence-electron chi connectivity index (χ4n) is 0. The van der Waals surface area contributed by atoms with E-state index in [0.717, 1.165) is 0 Å². The molecular weight excluding hydrogens is 233 g/mol. The van der Waals surface area contributed by atoms with Gasteiger partial charge in [0.15, 0.2) is 0 Å². The van der Waals surface area contributed by atoms with E-state index >= 15 is 0 Å². The van der Waals surface area contributed by atoms with E-state index in [1.165, 1.54) is 0 Å². The van der Waals surface area contributed by atoms with Crippen LogP contribution in [0.2, 0.25) is 0 Å². The molecule has 0 bridgehead atoms. The molecule has 0 N–H and O–H groups in total. The molecule has 0 rings (SSSR count). The average molecular weight is 233 g/mol. The van der Waals surface area contributed by atoms with E-state index in [9.17, 15) is 0 Å². The molecule has 0 aliphatic rings. The molecule has 4 nitrogen and oxygen atoms in total. The Bertz CT molecular complexity index is 11.7. The van der Waals surface area contributed by atoms with E-state index in [0.29, 0.717) is 0 Å². The summed E-state index contributed by atoms with van der Waals surface area (Å²) in [5.74, 6) is 0. The molecule has 38 valence electrons. The maximum atomic E-state index is 0. The van der Waals surface area contributed by atoms with E-state index in [1.54, 1.807) is 0 Å². The summed E-state index contributed by atoms with van der Waals surface area (Å²) < 4.78 is 0. The van der Waals surface area contributed by atoms with Crippen molar-refractivity contribution in [2.45, 2.75) is 0 Å². The third-order valence-corrected chi connectivity index (χ3v) is 0. The summed E-state index contributed by atoms with van der Waals surface area (Å²) >= 11 is 0. The van der Waals surface area contributed by atoms with Crippen molar-refractivity contribution in [1.82, 2.24) is 0 Å². The molecule has 0 atom stereocenters. The van der Waals surface area contributed by atoms with Crippen LogP contribution in [0.3, 0.4) is 0 Å². The number of rotatable bonds is 0. The van der Waals surface area contributed by atoms with Crippen molar-refractivity contribution in [3.63, 3.8) is 0 Å². The van der Waals surface area contributed by atoms with Gasteiger partial charge >= 0.3 is 58.3 Å². The van der Waals surface area contributed by atoms with Gasteiger partial charge < -0.3 is 21.9 Å². The van der Waals surface area contributed by atoms with Gasteiger partial charge in [-0.25, -0.2) is 0 Å². The standard InChI is InChI=1S/Fe.4O.Ti.Zn/q+2;4*-2;+4;+2. The zero-order chi connectivity index (χ0) is 0. The van der Waals surface area contributed by atoms with Crippen LogP contribution in [-0.2, 0) is 80.2 Å². The van der Waals surface area contributed by atoms with Crippen molar-refractivity contribution < 1.29 is 80.2 Å². The van der Waals surface area contributed by atoms with Crippen LogP contribution in [0.4, 0.5) is 0 Å². The molecule has 0 aliphatic heterocycles. The summed E-state index contributed by atoms with van der Waals surface area (Å²) in [6.07, 6.45) is 0. The molecule has 0 saturated carbocycles. The molecule has 0 radical (unpaired) electrons. The molecule has 0 aromatic heterocycles. The fraction of sp³-hybridized carbons (Fsp3) is 0. The number of hydrogen-bond acceptors (Lipinski definition) is 0. The maximum absolute atomic E-state index is 0. The molecule has 7 heavy (non-hydrogen) atoms. The van der Waals surface area contributed by atoms with Crippen LogP contribution in [0, 0.1) is 0 Å². The topological polar surface area (TPSA) is 114 Å². The summed E-state index contributed by atoms with van der Waals surface area (Å²) in [7, 11) is 0. The van der Waals surface area contributed by atoms with Crippen molar-refractivity contribution in [3.05, 3.63) is 0 Å². The van der Waals surface area contributed by atoms with Gasteiger partial charge in [0.1, 0.15) is 0 Å². The summed E-state index contributed by atoms with van der Waals surface area (Å²) in [5, 5.41) is 0. The molecule has 0 heterocycles. The first-order chi connectivity index (χ1) is 0. The summed E-state index contributed by atoms with van der Waals surface area (Å²) in [6.45, 7) is 0. The van der Waals surface area contributed by atoms with Gasteiger partial charge in [-0.2, -0.15) is 0 Å². The van der Waals surface area contributed by atoms with E-state index in [-0.39, 0.29) is 80.2 Å². The molecule has 0 amide bonds. The van der Waals surface area contributed by atoms with Crippen molar-refractivity contribution in [3.8, 4) is 0 Å². The first kappa shape index (κ1) is 179. The third kappa shape index (κ3) is 86.7. The van der Waals surface area contributed by atoms with Crippen LogP contribution in [0.5, 0.6) is 0 Å². The summed E-state index contributed by atoms with van der Waals surface area (Å²) in [5.41, 5.74) is 0. The van der Waals surface area contributed by atoms with E-state index in [1.807, 2.05) is 0 Å². The van der Waals surface area contributed by atoms with Gasteiger partial charge in [-0.15, -0.1) is 0 Å². The van der Waals surface area contributed by atoms with Gasteiger partial charge in [0.2, 0.25) is 0 Å². The molecule has 0 aliphatic carbocycles. The second-order valence-electron chi connectivity index (χ2n) is 0. The van der Waals surface area contributed by atoms with Crippen LogP contribution < -0.4 is 0 Å². The molecule has 0 unspecified atom stereocenters. The summed E-state index contributed by atoms with van der Waals surface area (Å²) in [4.78, 5) is 0. The second-order valence-corrected chi connectivity index (χ2v) is 0. The second kappa shape index (κ2) is 120. The van der Waals surface area contributed by atoms with Gasteiger partial charge in [-0.05, 0) is 0 Å². The molecule has 0 aromatic rings. The zero-order valence-electron chi connectivity index (χ0n) is 3.19. The van der Waals surface area contributed by atoms with Gasteiger partial charge in [-0.3, -0.25) is 0 Å². The molecule has 7 heteroatoms. The zero-order valence-corrected chi connectivity index (χ0v) is 8.83. The minimum Gasteiger partial charge on any atom is -2.00 e. The third-order valence-electron chi connectivity index (χ3n) is 0. The Balaban J connectivity index is 0. The Morgan fingerprint density at radius 1 is 0.571 bits per heavy atom. The molecule has 0 spiro atoms. The van der Waals surface area contributed by atoms with E-state index in [4.69, 9.17) is 0 Å². The Kier molecular flexibility index (Phi) is 3060. The first-order valence-electron chi connectivity index (χ1n) is 0. The number of hydrogen-bond donors (Lipinski definition) is 0. The Morgan fingerprint density at radius 3 is 0.571 bits per heavy atom. The predicted molar refractivity (Wildman–Crippen MR) is 2.75 cm³/mol. The Hall–Kier alpha value is 1.70. The minimum atomic E-state index is 0. The van der Waals surface area contributed by atoms with Crippen molar-refractivity contribution in [1.29, 1.82) is 0 Å². The van der Waals surface area contributed by atoms with Gasteiger partial charge in [0, 0.05) is 0 Å². The molecule has 0 fully saturated rings. The first-order valence-corrected chi connectivity index (χ1v) is 0. The van der Waals surface area contributed by atoms with Crippen LogP contribution >= 0.6 is 0 Å². The monoisotopic (exact) mass is 232 g/mol. The maximum Gasteiger partial charge on any atom is 4.00 e. The Morgan fingerprint density at radius 2 is 0.571 bits per heavy atom. The molecule has 0 aromatic carbocycles. The van der Waals surface area contributed by atoms with Gasteiger partial charge in [0.25, 0.3) is 0 Å². The van der Waals surface area contributed by atoms with Crippen LogP contribution in [0.25, 0.3) is 0 Å². The largest absolute Gasteiger partial charge is 4.00 e. The Labute approximate surface area is 79.8 Å². The van der Waals surface area contributed by atoms with Crippen LogP contribution in [0.1, 0.15) is 0 Å². The molecule has 0 saturated heterocycles. The van der Waals surface area contributed by atoms with Crippen molar-refractivity contribution in [2.75, 3.05) is 0 Å². The minimum absolute atomic E-state index is 0.